The fourth-order valence-corrected chi connectivity index (χ4v) is 3.03. The predicted octanol–water partition coefficient (Wildman–Crippen LogP) is 1.80. The minimum absolute atomic E-state index is 0.155. The third-order valence-electron chi connectivity index (χ3n) is 4.34. The molecule has 0 aromatic rings. The maximum atomic E-state index is 12.8. The van der Waals surface area contributed by atoms with Crippen LogP contribution in [0.25, 0.3) is 0 Å². The summed E-state index contributed by atoms with van der Waals surface area (Å²) in [4.78, 5) is 14.8. The van der Waals surface area contributed by atoms with Crippen LogP contribution in [0.1, 0.15) is 33.6 Å². The van der Waals surface area contributed by atoms with Crippen molar-refractivity contribution in [2.75, 3.05) is 26.2 Å². The summed E-state index contributed by atoms with van der Waals surface area (Å²) in [5, 5.41) is 3.36. The van der Waals surface area contributed by atoms with Gasteiger partial charge in [0, 0.05) is 19.6 Å². The molecule has 0 bridgehead atoms. The van der Waals surface area contributed by atoms with Gasteiger partial charge in [-0.05, 0) is 32.2 Å². The number of hydrogen-bond donors (Lipinski definition) is 1. The molecule has 0 aromatic heterocycles. The fraction of sp³-hybridized carbons (Fsp3) is 0.786. The molecule has 1 amide bonds. The number of carbonyl (C=O) groups excluding carboxylic acids is 1. The summed E-state index contributed by atoms with van der Waals surface area (Å²) in [5.41, 5.74) is 1.17. The van der Waals surface area contributed by atoms with Crippen LogP contribution in [0.15, 0.2) is 11.6 Å². The van der Waals surface area contributed by atoms with Gasteiger partial charge in [0.15, 0.2) is 0 Å². The van der Waals surface area contributed by atoms with Gasteiger partial charge in [-0.2, -0.15) is 0 Å². The van der Waals surface area contributed by atoms with E-state index in [2.05, 4.69) is 37.1 Å². The molecule has 1 saturated heterocycles. The van der Waals surface area contributed by atoms with Crippen LogP contribution < -0.4 is 5.32 Å². The van der Waals surface area contributed by atoms with Gasteiger partial charge in [-0.15, -0.1) is 0 Å². The zero-order chi connectivity index (χ0) is 12.5. The molecule has 0 radical (unpaired) electrons. The van der Waals surface area contributed by atoms with Crippen molar-refractivity contribution in [3.8, 4) is 0 Å². The molecular formula is C14H24N2O. The zero-order valence-electron chi connectivity index (χ0n) is 11.3. The van der Waals surface area contributed by atoms with Crippen LogP contribution in [0, 0.1) is 11.3 Å². The molecule has 3 heteroatoms. The van der Waals surface area contributed by atoms with Gasteiger partial charge in [0.1, 0.15) is 0 Å². The van der Waals surface area contributed by atoms with Crippen molar-refractivity contribution < 1.29 is 4.79 Å². The summed E-state index contributed by atoms with van der Waals surface area (Å²) in [5.74, 6) is 0.779. The highest BCUT2D eigenvalue weighted by molar-refractivity contribution is 5.84. The molecule has 2 heterocycles. The minimum atomic E-state index is -0.155. The van der Waals surface area contributed by atoms with Gasteiger partial charge in [0.2, 0.25) is 5.91 Å². The molecule has 17 heavy (non-hydrogen) atoms. The van der Waals surface area contributed by atoms with Gasteiger partial charge < -0.3 is 10.2 Å². The molecule has 0 aromatic carbocycles. The normalized spacial score (nSPS) is 29.6. The fourth-order valence-electron chi connectivity index (χ4n) is 3.03. The van der Waals surface area contributed by atoms with Gasteiger partial charge >= 0.3 is 0 Å². The van der Waals surface area contributed by atoms with Crippen LogP contribution in [0.2, 0.25) is 0 Å². The second kappa shape index (κ2) is 4.81. The first-order chi connectivity index (χ1) is 8.06. The molecule has 2 aliphatic heterocycles. The van der Waals surface area contributed by atoms with Gasteiger partial charge in [0.05, 0.1) is 5.41 Å². The molecule has 0 saturated carbocycles. The summed E-state index contributed by atoms with van der Waals surface area (Å²) >= 11 is 0. The summed E-state index contributed by atoms with van der Waals surface area (Å²) in [7, 11) is 0. The monoisotopic (exact) mass is 236 g/mol. The second-order valence-corrected chi connectivity index (χ2v) is 5.80. The molecule has 0 aliphatic carbocycles. The standard InChI is InChI=1S/C14H24N2O/c1-11(2)14(6-7-15-10-14)13(17)16-8-4-5-12(3)9-16/h5,11,15H,4,6-10H2,1-3H3. The van der Waals surface area contributed by atoms with E-state index in [-0.39, 0.29) is 5.41 Å². The van der Waals surface area contributed by atoms with Crippen molar-refractivity contribution in [2.24, 2.45) is 11.3 Å². The molecule has 0 spiro atoms. The molecule has 2 rings (SSSR count). The second-order valence-electron chi connectivity index (χ2n) is 5.80. The third-order valence-corrected chi connectivity index (χ3v) is 4.34. The highest BCUT2D eigenvalue weighted by Crippen LogP contribution is 2.36. The summed E-state index contributed by atoms with van der Waals surface area (Å²) in [6, 6.07) is 0. The summed E-state index contributed by atoms with van der Waals surface area (Å²) < 4.78 is 0. The van der Waals surface area contributed by atoms with Crippen LogP contribution in [0.4, 0.5) is 0 Å². The van der Waals surface area contributed by atoms with Gasteiger partial charge in [-0.25, -0.2) is 0 Å². The van der Waals surface area contributed by atoms with Gasteiger partial charge in [-0.1, -0.05) is 25.5 Å². The minimum Gasteiger partial charge on any atom is -0.338 e. The number of hydrogen-bond acceptors (Lipinski definition) is 2. The van der Waals surface area contributed by atoms with E-state index >= 15 is 0 Å². The molecule has 3 nitrogen and oxygen atoms in total. The van der Waals surface area contributed by atoms with E-state index in [9.17, 15) is 4.79 Å². The van der Waals surface area contributed by atoms with E-state index in [4.69, 9.17) is 0 Å². The molecule has 2 aliphatic rings. The van der Waals surface area contributed by atoms with E-state index in [1.807, 2.05) is 0 Å². The third kappa shape index (κ3) is 2.25. The van der Waals surface area contributed by atoms with E-state index in [0.29, 0.717) is 11.8 Å². The highest BCUT2D eigenvalue weighted by Gasteiger charge is 2.46. The van der Waals surface area contributed by atoms with E-state index in [1.54, 1.807) is 0 Å². The average Bonchev–Trinajstić information content (AvgIpc) is 2.78. The molecule has 1 N–H and O–H groups in total. The first-order valence-corrected chi connectivity index (χ1v) is 6.72. The molecular weight excluding hydrogens is 212 g/mol. The van der Waals surface area contributed by atoms with Crippen LogP contribution in [-0.4, -0.2) is 37.0 Å². The Morgan fingerprint density at radius 3 is 2.82 bits per heavy atom. The van der Waals surface area contributed by atoms with E-state index in [0.717, 1.165) is 39.0 Å². The first kappa shape index (κ1) is 12.6. The molecule has 1 fully saturated rings. The predicted molar refractivity (Wildman–Crippen MR) is 69.7 cm³/mol. The van der Waals surface area contributed by atoms with E-state index in [1.165, 1.54) is 5.57 Å². The van der Waals surface area contributed by atoms with Crippen molar-refractivity contribution in [3.05, 3.63) is 11.6 Å². The average molecular weight is 236 g/mol. The maximum absolute atomic E-state index is 12.8. The Kier molecular flexibility index (Phi) is 3.57. The Hall–Kier alpha value is -0.830. The topological polar surface area (TPSA) is 32.3 Å². The largest absolute Gasteiger partial charge is 0.338 e. The van der Waals surface area contributed by atoms with Crippen molar-refractivity contribution in [1.82, 2.24) is 10.2 Å². The van der Waals surface area contributed by atoms with Crippen molar-refractivity contribution in [3.63, 3.8) is 0 Å². The first-order valence-electron chi connectivity index (χ1n) is 6.72. The maximum Gasteiger partial charge on any atom is 0.230 e. The number of amides is 1. The lowest BCUT2D eigenvalue weighted by Crippen LogP contribution is -2.49. The van der Waals surface area contributed by atoms with Crippen LogP contribution in [0.5, 0.6) is 0 Å². The van der Waals surface area contributed by atoms with E-state index < -0.39 is 0 Å². The number of nitrogens with zero attached hydrogens (tertiary/aromatic N) is 1. The van der Waals surface area contributed by atoms with Crippen molar-refractivity contribution in [2.45, 2.75) is 33.6 Å². The summed E-state index contributed by atoms with van der Waals surface area (Å²) in [6.45, 7) is 10.0. The Balaban J connectivity index is 2.15. The lowest BCUT2D eigenvalue weighted by atomic mass is 9.75. The lowest BCUT2D eigenvalue weighted by Gasteiger charge is -2.38. The van der Waals surface area contributed by atoms with Crippen LogP contribution in [-0.2, 0) is 4.79 Å². The van der Waals surface area contributed by atoms with Crippen LogP contribution in [0.3, 0.4) is 0 Å². The molecule has 1 atom stereocenters. The number of rotatable bonds is 2. The SMILES string of the molecule is CC1=CCCN(C(=O)C2(C(C)C)CCNC2)C1. The van der Waals surface area contributed by atoms with Gasteiger partial charge in [-0.3, -0.25) is 4.79 Å². The lowest BCUT2D eigenvalue weighted by molar-refractivity contribution is -0.143. The number of carbonyl (C=O) groups is 1. The molecule has 96 valence electrons. The van der Waals surface area contributed by atoms with Crippen molar-refractivity contribution in [1.29, 1.82) is 0 Å². The number of nitrogens with one attached hydrogen (secondary N) is 1. The molecule has 1 unspecified atom stereocenters. The Bertz CT molecular complexity index is 327. The van der Waals surface area contributed by atoms with Crippen molar-refractivity contribution >= 4 is 5.91 Å². The zero-order valence-corrected chi connectivity index (χ0v) is 11.3. The van der Waals surface area contributed by atoms with Crippen LogP contribution >= 0.6 is 0 Å². The Labute approximate surface area is 104 Å². The highest BCUT2D eigenvalue weighted by atomic mass is 16.2. The van der Waals surface area contributed by atoms with Gasteiger partial charge in [0.25, 0.3) is 0 Å². The Morgan fingerprint density at radius 2 is 2.29 bits per heavy atom. The summed E-state index contributed by atoms with van der Waals surface area (Å²) in [6.07, 6.45) is 4.25. The quantitative estimate of drug-likeness (QED) is 0.742. The Morgan fingerprint density at radius 1 is 1.53 bits per heavy atom. The smallest absolute Gasteiger partial charge is 0.230 e.